The number of thiazole rings is 1. The van der Waals surface area contributed by atoms with Crippen LogP contribution in [0.3, 0.4) is 0 Å². The number of amides is 3. The highest BCUT2D eigenvalue weighted by Gasteiger charge is 2.54. The van der Waals surface area contributed by atoms with E-state index in [-0.39, 0.29) is 56.9 Å². The number of nitrogens with two attached hydrogens (primary N) is 1. The fraction of sp³-hybridized carbons (Fsp3) is 0.344. The summed E-state index contributed by atoms with van der Waals surface area (Å²) in [6.45, 7) is 1.87. The summed E-state index contributed by atoms with van der Waals surface area (Å²) in [6, 6.07) is 5.23. The van der Waals surface area contributed by atoms with E-state index in [1.807, 2.05) is 15.6 Å². The van der Waals surface area contributed by atoms with Crippen LogP contribution in [-0.4, -0.2) is 96.0 Å². The van der Waals surface area contributed by atoms with Crippen molar-refractivity contribution in [2.75, 3.05) is 31.7 Å². The molecule has 20 heteroatoms. The van der Waals surface area contributed by atoms with Crippen LogP contribution in [0.25, 0.3) is 5.65 Å². The first-order valence-corrected chi connectivity index (χ1v) is 18.4. The second kappa shape index (κ2) is 14.6. The number of piperidine rings is 1. The van der Waals surface area contributed by atoms with Crippen molar-refractivity contribution in [3.63, 3.8) is 0 Å². The Morgan fingerprint density at radius 3 is 2.69 bits per heavy atom. The van der Waals surface area contributed by atoms with Gasteiger partial charge in [-0.1, -0.05) is 40.6 Å². The van der Waals surface area contributed by atoms with Crippen LogP contribution < -0.4 is 21.0 Å². The average Bonchev–Trinajstić information content (AvgIpc) is 3.82. The highest BCUT2D eigenvalue weighted by atomic mass is 35.5. The zero-order valence-corrected chi connectivity index (χ0v) is 30.0. The second-order valence-electron chi connectivity index (χ2n) is 12.3. The highest BCUT2D eigenvalue weighted by molar-refractivity contribution is 8.00. The van der Waals surface area contributed by atoms with Crippen LogP contribution in [0, 0.1) is 5.82 Å². The van der Waals surface area contributed by atoms with Crippen molar-refractivity contribution < 1.29 is 38.1 Å². The molecule has 2 fully saturated rings. The number of carboxylic acid groups (broad SMARTS) is 1. The van der Waals surface area contributed by atoms with E-state index in [9.17, 15) is 24.3 Å². The summed E-state index contributed by atoms with van der Waals surface area (Å²) in [5.41, 5.74) is 9.95. The minimum absolute atomic E-state index is 0.00290. The fourth-order valence-corrected chi connectivity index (χ4v) is 8.74. The van der Waals surface area contributed by atoms with Crippen molar-refractivity contribution in [2.24, 2.45) is 5.16 Å². The minimum atomic E-state index is -1.28. The molecule has 272 valence electrons. The van der Waals surface area contributed by atoms with Gasteiger partial charge in [-0.15, -0.1) is 16.3 Å². The number of carboxylic acids is 1. The van der Waals surface area contributed by atoms with Crippen LogP contribution in [0.1, 0.15) is 40.9 Å². The number of carbonyl (C=O) groups is 4. The number of nitrogen functional groups attached to an aromatic ring is 1. The number of fused-ring (bicyclic) bond motifs is 2. The molecule has 3 aliphatic heterocycles. The van der Waals surface area contributed by atoms with Crippen molar-refractivity contribution >= 4 is 74.9 Å². The van der Waals surface area contributed by atoms with Gasteiger partial charge in [0.1, 0.15) is 52.8 Å². The number of benzene rings is 1. The van der Waals surface area contributed by atoms with Crippen LogP contribution in [0.5, 0.6) is 0 Å². The van der Waals surface area contributed by atoms with E-state index in [0.29, 0.717) is 16.8 Å². The predicted octanol–water partition coefficient (Wildman–Crippen LogP) is 1.83. The van der Waals surface area contributed by atoms with Crippen molar-refractivity contribution in [2.45, 2.75) is 43.8 Å². The van der Waals surface area contributed by atoms with E-state index in [1.165, 1.54) is 29.8 Å². The number of thioether (sulfide) groups is 1. The van der Waals surface area contributed by atoms with Gasteiger partial charge in [0.25, 0.3) is 17.7 Å². The molecule has 0 radical (unpaired) electrons. The molecule has 5 N–H and O–H groups in total. The van der Waals surface area contributed by atoms with Crippen molar-refractivity contribution in [1.82, 2.24) is 34.8 Å². The first-order chi connectivity index (χ1) is 25.0. The number of imidazole rings is 1. The third-order valence-electron chi connectivity index (χ3n) is 8.97. The quantitative estimate of drug-likeness (QED) is 0.0757. The van der Waals surface area contributed by atoms with Gasteiger partial charge in [-0.3, -0.25) is 24.7 Å². The van der Waals surface area contributed by atoms with Gasteiger partial charge in [0.15, 0.2) is 17.0 Å². The molecule has 16 nitrogen and oxygen atoms in total. The molecule has 0 saturated carbocycles. The summed E-state index contributed by atoms with van der Waals surface area (Å²) in [5.74, 6) is -3.26. The largest absolute Gasteiger partial charge is 0.477 e. The van der Waals surface area contributed by atoms with Crippen LogP contribution in [0.4, 0.5) is 9.52 Å². The minimum Gasteiger partial charge on any atom is -0.477 e. The lowest BCUT2D eigenvalue weighted by molar-refractivity contribution is -0.662. The molecule has 4 aromatic rings. The number of carbonyl (C=O) groups excluding carboxylic acids is 3. The lowest BCUT2D eigenvalue weighted by Gasteiger charge is -2.49. The van der Waals surface area contributed by atoms with E-state index in [2.05, 4.69) is 20.9 Å². The Morgan fingerprint density at radius 2 is 2.00 bits per heavy atom. The molecule has 0 aliphatic carbocycles. The number of β-lactam (4-membered cyclic amide) rings is 1. The summed E-state index contributed by atoms with van der Waals surface area (Å²) in [6.07, 6.45) is 8.46. The number of nitrogens with zero attached hydrogens (tertiary/aromatic N) is 7. The molecule has 2 atom stereocenters. The molecule has 0 unspecified atom stereocenters. The smallest absolute Gasteiger partial charge is 0.352 e. The SMILES string of the molecule is CO/N=C(\C(=O)N[C@@H]1C(=O)N2C(C(=O)O)=C(Cn3ccc4n3cc[n+]4Cc3ccc(C(=O)NN4CCCCC4)cc3F)CS[C@H]12)c1nc(N)sc1Cl. The maximum Gasteiger partial charge on any atom is 0.352 e. The van der Waals surface area contributed by atoms with Crippen molar-refractivity contribution in [3.8, 4) is 0 Å². The van der Waals surface area contributed by atoms with Gasteiger partial charge in [-0.25, -0.2) is 28.4 Å². The summed E-state index contributed by atoms with van der Waals surface area (Å²) in [7, 11) is 1.24. The third kappa shape index (κ3) is 6.71. The molecule has 52 heavy (non-hydrogen) atoms. The molecule has 3 amide bonds. The van der Waals surface area contributed by atoms with Crippen LogP contribution in [-0.2, 0) is 32.3 Å². The van der Waals surface area contributed by atoms with Gasteiger partial charge in [0.05, 0.1) is 18.8 Å². The average molecular weight is 772 g/mol. The molecule has 3 aliphatic rings. The number of rotatable bonds is 11. The highest BCUT2D eigenvalue weighted by Crippen LogP contribution is 2.41. The number of hydrogen-bond acceptors (Lipinski definition) is 11. The maximum absolute atomic E-state index is 15.2. The molecular weight excluding hydrogens is 739 g/mol. The Morgan fingerprint density at radius 1 is 1.21 bits per heavy atom. The second-order valence-corrected chi connectivity index (χ2v) is 15.0. The predicted molar refractivity (Wildman–Crippen MR) is 189 cm³/mol. The van der Waals surface area contributed by atoms with E-state index in [0.717, 1.165) is 43.7 Å². The number of hydrazine groups is 1. The summed E-state index contributed by atoms with van der Waals surface area (Å²) in [5, 5.41) is 17.9. The van der Waals surface area contributed by atoms with Crippen molar-refractivity contribution in [3.05, 3.63) is 81.1 Å². The number of nitrogens with one attached hydrogen (secondary N) is 2. The maximum atomic E-state index is 15.2. The van der Waals surface area contributed by atoms with E-state index < -0.39 is 35.0 Å². The molecule has 2 saturated heterocycles. The first kappa shape index (κ1) is 35.4. The first-order valence-electron chi connectivity index (χ1n) is 16.2. The Kier molecular flexibility index (Phi) is 9.92. The van der Waals surface area contributed by atoms with Crippen LogP contribution >= 0.6 is 34.7 Å². The molecule has 0 bridgehead atoms. The fourth-order valence-electron chi connectivity index (χ4n) is 6.48. The van der Waals surface area contributed by atoms with Gasteiger partial charge >= 0.3 is 11.6 Å². The van der Waals surface area contributed by atoms with Gasteiger partial charge in [0.2, 0.25) is 0 Å². The number of halogens is 2. The van der Waals surface area contributed by atoms with Gasteiger partial charge < -0.3 is 21.0 Å². The zero-order valence-electron chi connectivity index (χ0n) is 27.6. The third-order valence-corrected chi connectivity index (χ3v) is 11.4. The molecule has 3 aromatic heterocycles. The summed E-state index contributed by atoms with van der Waals surface area (Å²) in [4.78, 5) is 61.7. The van der Waals surface area contributed by atoms with Gasteiger partial charge in [0, 0.05) is 30.0 Å². The van der Waals surface area contributed by atoms with Gasteiger partial charge in [-0.2, -0.15) is 0 Å². The van der Waals surface area contributed by atoms with Crippen LogP contribution in [0.15, 0.2) is 59.3 Å². The van der Waals surface area contributed by atoms with Crippen LogP contribution in [0.2, 0.25) is 4.34 Å². The lowest BCUT2D eigenvalue weighted by Crippen LogP contribution is -2.71. The molecular formula is C32H33ClFN10O6S2+. The van der Waals surface area contributed by atoms with E-state index in [1.54, 1.807) is 39.9 Å². The molecule has 1 aromatic carbocycles. The normalized spacial score (nSPS) is 19.4. The number of anilines is 1. The van der Waals surface area contributed by atoms with Gasteiger partial charge in [-0.05, 0) is 30.5 Å². The standard InChI is InChI=1S/C32H32ClFN10O6S2/c1-50-39-23(22-26(33)52-32(35)37-22)28(46)36-24-29(47)44-25(31(48)49)19(16-51-30(24)44)15-42-10-7-21-40(11-12-43(21)42)14-18-6-5-17(13-20(18)34)27(45)38-41-8-3-2-4-9-41/h5-7,10-13,24,30H,2-4,8-9,14-16H2,1H3,(H4-,35,36,37,38,45,46,48,49)/p+1/b39-23-/t24-,30-/m1/s1. The molecule has 7 rings (SSSR count). The summed E-state index contributed by atoms with van der Waals surface area (Å²) < 4.78 is 20.8. The summed E-state index contributed by atoms with van der Waals surface area (Å²) >= 11 is 8.42. The Balaban J connectivity index is 1.04. The number of aliphatic carboxylic acids is 1. The Hall–Kier alpha value is -4.98. The number of aromatic nitrogens is 4. The van der Waals surface area contributed by atoms with Crippen molar-refractivity contribution in [1.29, 1.82) is 0 Å². The Bertz CT molecular complexity index is 2160. The number of oxime groups is 1. The van der Waals surface area contributed by atoms with E-state index in [4.69, 9.17) is 22.2 Å². The molecule has 0 spiro atoms. The Labute approximate surface area is 308 Å². The number of hydrogen-bond donors (Lipinski definition) is 4. The zero-order chi connectivity index (χ0) is 36.7. The molecule has 6 heterocycles. The topological polar surface area (TPSA) is 193 Å². The van der Waals surface area contributed by atoms with E-state index >= 15 is 4.39 Å². The monoisotopic (exact) mass is 771 g/mol. The lowest BCUT2D eigenvalue weighted by atomic mass is 10.0.